The van der Waals surface area contributed by atoms with Crippen molar-refractivity contribution in [3.8, 4) is 0 Å². The molecule has 0 fully saturated rings. The van der Waals surface area contributed by atoms with Crippen LogP contribution >= 0.6 is 0 Å². The molecule has 6 heteroatoms. The predicted molar refractivity (Wildman–Crippen MR) is 141 cm³/mol. The van der Waals surface area contributed by atoms with Crippen LogP contribution in [0.1, 0.15) is 58.4 Å². The van der Waals surface area contributed by atoms with Crippen LogP contribution in [0.5, 0.6) is 0 Å². The van der Waals surface area contributed by atoms with E-state index in [1.165, 1.54) is 0 Å². The molecule has 3 rings (SSSR count). The minimum absolute atomic E-state index is 0.0242. The summed E-state index contributed by atoms with van der Waals surface area (Å²) in [7, 11) is 0. The summed E-state index contributed by atoms with van der Waals surface area (Å²) in [4.78, 5) is 26.2. The lowest BCUT2D eigenvalue weighted by Gasteiger charge is -2.32. The summed E-state index contributed by atoms with van der Waals surface area (Å²) < 4.78 is 2.18. The number of allylic oxidation sites excluding steroid dienone is 6. The van der Waals surface area contributed by atoms with Gasteiger partial charge < -0.3 is 15.1 Å². The number of ketones is 1. The molecule has 2 aliphatic carbocycles. The van der Waals surface area contributed by atoms with Gasteiger partial charge in [-0.25, -0.2) is 4.58 Å². The Morgan fingerprint density at radius 1 is 0.971 bits per heavy atom. The Bertz CT molecular complexity index is 1010. The van der Waals surface area contributed by atoms with Crippen molar-refractivity contribution in [1.82, 2.24) is 0 Å². The van der Waals surface area contributed by atoms with Gasteiger partial charge in [0, 0.05) is 49.7 Å². The Morgan fingerprint density at radius 2 is 1.60 bits per heavy atom. The lowest BCUT2D eigenvalue weighted by Crippen LogP contribution is -2.36. The number of benzene rings is 1. The number of carbonyl (C=O) groups excluding carboxylic acids is 1. The Morgan fingerprint density at radius 3 is 2.11 bits per heavy atom. The molecule has 0 aliphatic heterocycles. The third-order valence-electron chi connectivity index (χ3n) is 6.63. The SMILES string of the molecule is CCCN(CCC)c1ccc(C2=C(O)C(C3C=CC(=[N+](CCC)CCCC(=O)O)C=C3)C2=O)cc1. The van der Waals surface area contributed by atoms with Crippen molar-refractivity contribution in [2.24, 2.45) is 11.8 Å². The van der Waals surface area contributed by atoms with Crippen molar-refractivity contribution in [2.45, 2.75) is 52.9 Å². The molecule has 0 heterocycles. The minimum atomic E-state index is -0.781. The lowest BCUT2D eigenvalue weighted by atomic mass is 9.71. The molecule has 0 saturated carbocycles. The number of anilines is 1. The Balaban J connectivity index is 1.71. The molecule has 1 aromatic rings. The third kappa shape index (κ3) is 6.30. The van der Waals surface area contributed by atoms with Crippen LogP contribution in [-0.4, -0.2) is 58.4 Å². The van der Waals surface area contributed by atoms with Crippen LogP contribution in [0, 0.1) is 11.8 Å². The second kappa shape index (κ2) is 12.5. The largest absolute Gasteiger partial charge is 0.511 e. The van der Waals surface area contributed by atoms with Crippen LogP contribution in [0.3, 0.4) is 0 Å². The fourth-order valence-electron chi connectivity index (χ4n) is 4.91. The van der Waals surface area contributed by atoms with Crippen LogP contribution in [0.25, 0.3) is 5.57 Å². The van der Waals surface area contributed by atoms with Crippen molar-refractivity contribution in [2.75, 3.05) is 31.1 Å². The zero-order valence-corrected chi connectivity index (χ0v) is 21.2. The van der Waals surface area contributed by atoms with E-state index in [-0.39, 0.29) is 23.9 Å². The van der Waals surface area contributed by atoms with Gasteiger partial charge in [-0.15, -0.1) is 0 Å². The first-order valence-electron chi connectivity index (χ1n) is 12.9. The molecule has 1 aromatic carbocycles. The standard InChI is InChI=1S/C29H38N2O4/c1-4-17-30(18-5-2)23-13-9-21(10-14-23)26-28(34)27(29(26)35)22-11-15-24(16-12-22)31(19-6-3)20-7-8-25(32)33/h9-16,22,27H,4-8,17-20H2,1-3H3,(H-,32,33,34,35)/p+1. The van der Waals surface area contributed by atoms with Gasteiger partial charge in [0.1, 0.15) is 18.8 Å². The maximum absolute atomic E-state index is 13.0. The van der Waals surface area contributed by atoms with Gasteiger partial charge in [0.25, 0.3) is 0 Å². The van der Waals surface area contributed by atoms with E-state index in [2.05, 4.69) is 30.2 Å². The second-order valence-electron chi connectivity index (χ2n) is 9.34. The fraction of sp³-hybridized carbons (Fsp3) is 0.483. The van der Waals surface area contributed by atoms with E-state index in [1.54, 1.807) is 0 Å². The summed E-state index contributed by atoms with van der Waals surface area (Å²) in [6, 6.07) is 7.95. The molecule has 188 valence electrons. The molecule has 1 atom stereocenters. The zero-order valence-electron chi connectivity index (χ0n) is 21.2. The number of nitrogens with zero attached hydrogens (tertiary/aromatic N) is 2. The number of carbonyl (C=O) groups is 2. The number of hydrogen-bond donors (Lipinski definition) is 2. The first-order valence-corrected chi connectivity index (χ1v) is 12.9. The average Bonchev–Trinajstić information content (AvgIpc) is 2.84. The summed E-state index contributed by atoms with van der Waals surface area (Å²) in [6.45, 7) is 9.95. The third-order valence-corrected chi connectivity index (χ3v) is 6.63. The highest BCUT2D eigenvalue weighted by Gasteiger charge is 2.44. The van der Waals surface area contributed by atoms with Gasteiger partial charge >= 0.3 is 5.97 Å². The zero-order chi connectivity index (χ0) is 25.4. The number of carboxylic acids is 1. The topological polar surface area (TPSA) is 80.8 Å². The Hall–Kier alpha value is -3.15. The number of rotatable bonds is 13. The molecule has 0 radical (unpaired) electrons. The molecule has 1 unspecified atom stereocenters. The number of Topliss-reactive ketones (excluding diaryl/α,β-unsaturated/α-hetero) is 1. The summed E-state index contributed by atoms with van der Waals surface area (Å²) >= 11 is 0. The van der Waals surface area contributed by atoms with E-state index in [0.29, 0.717) is 18.5 Å². The van der Waals surface area contributed by atoms with Gasteiger partial charge in [0.05, 0.1) is 17.9 Å². The van der Waals surface area contributed by atoms with Gasteiger partial charge in [-0.1, -0.05) is 45.1 Å². The van der Waals surface area contributed by atoms with Crippen molar-refractivity contribution in [3.63, 3.8) is 0 Å². The molecule has 0 amide bonds. The molecular formula is C29H39N2O4+. The Labute approximate surface area is 209 Å². The highest BCUT2D eigenvalue weighted by atomic mass is 16.4. The molecule has 0 aromatic heterocycles. The first-order chi connectivity index (χ1) is 16.9. The van der Waals surface area contributed by atoms with Crippen molar-refractivity contribution in [1.29, 1.82) is 0 Å². The smallest absolute Gasteiger partial charge is 0.303 e. The van der Waals surface area contributed by atoms with Gasteiger partial charge in [-0.2, -0.15) is 0 Å². The number of aliphatic carboxylic acids is 1. The predicted octanol–water partition coefficient (Wildman–Crippen LogP) is 5.25. The van der Waals surface area contributed by atoms with E-state index in [0.717, 1.165) is 55.9 Å². The van der Waals surface area contributed by atoms with Crippen LogP contribution in [0.4, 0.5) is 5.69 Å². The number of aliphatic hydroxyl groups excluding tert-OH is 1. The number of hydrogen-bond acceptors (Lipinski definition) is 4. The highest BCUT2D eigenvalue weighted by molar-refractivity contribution is 6.30. The molecule has 0 spiro atoms. The minimum Gasteiger partial charge on any atom is -0.511 e. The summed E-state index contributed by atoms with van der Waals surface area (Å²) in [5, 5.41) is 19.7. The van der Waals surface area contributed by atoms with Crippen molar-refractivity contribution >= 4 is 28.7 Å². The monoisotopic (exact) mass is 479 g/mol. The van der Waals surface area contributed by atoms with Crippen LogP contribution < -0.4 is 4.90 Å². The van der Waals surface area contributed by atoms with E-state index in [9.17, 15) is 14.7 Å². The van der Waals surface area contributed by atoms with Gasteiger partial charge in [0.2, 0.25) is 0 Å². The van der Waals surface area contributed by atoms with Crippen LogP contribution in [0.15, 0.2) is 54.3 Å². The number of carboxylic acid groups (broad SMARTS) is 1. The quantitative estimate of drug-likeness (QED) is 0.378. The van der Waals surface area contributed by atoms with E-state index in [4.69, 9.17) is 5.11 Å². The fourth-order valence-corrected chi connectivity index (χ4v) is 4.91. The maximum atomic E-state index is 13.0. The van der Waals surface area contributed by atoms with E-state index < -0.39 is 11.9 Å². The second-order valence-corrected chi connectivity index (χ2v) is 9.34. The molecule has 0 bridgehead atoms. The van der Waals surface area contributed by atoms with Gasteiger partial charge in [-0.3, -0.25) is 9.59 Å². The number of aliphatic hydroxyl groups is 1. The summed E-state index contributed by atoms with van der Waals surface area (Å²) in [5.74, 6) is -1.36. The van der Waals surface area contributed by atoms with E-state index >= 15 is 0 Å². The molecular weight excluding hydrogens is 440 g/mol. The molecule has 6 nitrogen and oxygen atoms in total. The molecule has 35 heavy (non-hydrogen) atoms. The van der Waals surface area contributed by atoms with Gasteiger partial charge in [-0.05, 0) is 30.5 Å². The molecule has 2 aliphatic rings. The lowest BCUT2D eigenvalue weighted by molar-refractivity contribution is -0.527. The maximum Gasteiger partial charge on any atom is 0.303 e. The van der Waals surface area contributed by atoms with Crippen molar-refractivity contribution < 1.29 is 24.4 Å². The average molecular weight is 480 g/mol. The van der Waals surface area contributed by atoms with E-state index in [1.807, 2.05) is 48.6 Å². The first kappa shape index (κ1) is 26.5. The van der Waals surface area contributed by atoms with Crippen LogP contribution in [0.2, 0.25) is 0 Å². The molecule has 0 saturated heterocycles. The molecule has 2 N–H and O–H groups in total. The van der Waals surface area contributed by atoms with Gasteiger partial charge in [0.15, 0.2) is 11.5 Å². The summed E-state index contributed by atoms with van der Waals surface area (Å²) in [5.41, 5.74) is 3.35. The van der Waals surface area contributed by atoms with Crippen LogP contribution in [-0.2, 0) is 9.59 Å². The normalized spacial score (nSPS) is 19.2. The summed E-state index contributed by atoms with van der Waals surface area (Å²) in [6.07, 6.45) is 11.8. The Kier molecular flexibility index (Phi) is 9.47. The highest BCUT2D eigenvalue weighted by Crippen LogP contribution is 2.42. The van der Waals surface area contributed by atoms with Crippen molar-refractivity contribution in [3.05, 3.63) is 59.9 Å².